The van der Waals surface area contributed by atoms with Crippen molar-refractivity contribution >= 4 is 5.88 Å². The van der Waals surface area contributed by atoms with E-state index >= 15 is 0 Å². The molecule has 3 nitrogen and oxygen atoms in total. The highest BCUT2D eigenvalue weighted by molar-refractivity contribution is 5.76. The van der Waals surface area contributed by atoms with Gasteiger partial charge in [0.2, 0.25) is 5.88 Å². The van der Waals surface area contributed by atoms with E-state index in [2.05, 4.69) is 64.0 Å². The first-order chi connectivity index (χ1) is 9.36. The Labute approximate surface area is 121 Å². The minimum absolute atomic E-state index is 0.0484. The van der Waals surface area contributed by atoms with E-state index in [1.54, 1.807) is 0 Å². The molecule has 1 heterocycles. The molecule has 2 N–H and O–H groups in total. The Kier molecular flexibility index (Phi) is 3.89. The van der Waals surface area contributed by atoms with E-state index in [9.17, 15) is 0 Å². The van der Waals surface area contributed by atoms with Crippen molar-refractivity contribution in [1.82, 2.24) is 5.16 Å². The summed E-state index contributed by atoms with van der Waals surface area (Å²) >= 11 is 0. The monoisotopic (exact) mass is 272 g/mol. The maximum atomic E-state index is 5.99. The number of rotatable bonds is 4. The fourth-order valence-corrected chi connectivity index (χ4v) is 2.25. The van der Waals surface area contributed by atoms with Crippen molar-refractivity contribution in [1.29, 1.82) is 0 Å². The Morgan fingerprint density at radius 2 is 1.80 bits per heavy atom. The molecule has 1 aromatic carbocycles. The summed E-state index contributed by atoms with van der Waals surface area (Å²) in [5, 5.41) is 4.19. The van der Waals surface area contributed by atoms with Gasteiger partial charge >= 0.3 is 0 Å². The number of nitrogens with two attached hydrogens (primary N) is 1. The topological polar surface area (TPSA) is 52.0 Å². The van der Waals surface area contributed by atoms with Crippen LogP contribution in [0.4, 0.5) is 5.88 Å². The van der Waals surface area contributed by atoms with E-state index < -0.39 is 0 Å². The van der Waals surface area contributed by atoms with Crippen LogP contribution in [0.25, 0.3) is 11.1 Å². The van der Waals surface area contributed by atoms with Gasteiger partial charge in [-0.05, 0) is 23.5 Å². The Bertz CT molecular complexity index is 580. The van der Waals surface area contributed by atoms with Gasteiger partial charge in [-0.1, -0.05) is 64.0 Å². The number of benzene rings is 1. The zero-order chi connectivity index (χ0) is 14.9. The van der Waals surface area contributed by atoms with Crippen molar-refractivity contribution in [2.75, 3.05) is 5.73 Å². The van der Waals surface area contributed by atoms with Gasteiger partial charge in [-0.2, -0.15) is 0 Å². The molecular weight excluding hydrogens is 248 g/mol. The van der Waals surface area contributed by atoms with Crippen LogP contribution in [0.15, 0.2) is 28.8 Å². The van der Waals surface area contributed by atoms with Crippen LogP contribution in [0, 0.1) is 0 Å². The van der Waals surface area contributed by atoms with Gasteiger partial charge < -0.3 is 10.3 Å². The van der Waals surface area contributed by atoms with E-state index in [4.69, 9.17) is 10.3 Å². The van der Waals surface area contributed by atoms with E-state index in [1.165, 1.54) is 5.56 Å². The molecule has 108 valence electrons. The predicted octanol–water partition coefficient (Wildman–Crippen LogP) is 4.73. The van der Waals surface area contributed by atoms with E-state index in [0.29, 0.717) is 11.8 Å². The summed E-state index contributed by atoms with van der Waals surface area (Å²) in [7, 11) is 0. The van der Waals surface area contributed by atoms with Gasteiger partial charge in [0.25, 0.3) is 0 Å². The minimum Gasteiger partial charge on any atom is -0.367 e. The lowest BCUT2D eigenvalue weighted by Crippen LogP contribution is -2.17. The Morgan fingerprint density at radius 1 is 1.20 bits per heavy atom. The zero-order valence-electron chi connectivity index (χ0n) is 13.0. The van der Waals surface area contributed by atoms with Crippen LogP contribution in [-0.4, -0.2) is 5.16 Å². The molecule has 0 fully saturated rings. The molecule has 20 heavy (non-hydrogen) atoms. The highest BCUT2D eigenvalue weighted by atomic mass is 16.5. The fourth-order valence-electron chi connectivity index (χ4n) is 2.25. The summed E-state index contributed by atoms with van der Waals surface area (Å²) in [5.74, 6) is 0.925. The number of nitrogen functional groups attached to an aromatic ring is 1. The first kappa shape index (κ1) is 14.6. The van der Waals surface area contributed by atoms with Gasteiger partial charge in [0.05, 0.1) is 11.3 Å². The van der Waals surface area contributed by atoms with E-state index in [-0.39, 0.29) is 5.41 Å². The van der Waals surface area contributed by atoms with Gasteiger partial charge in [-0.25, -0.2) is 0 Å². The van der Waals surface area contributed by atoms with Crippen molar-refractivity contribution in [2.24, 2.45) is 0 Å². The second-order valence-corrected chi connectivity index (χ2v) is 6.28. The Morgan fingerprint density at radius 3 is 2.30 bits per heavy atom. The predicted molar refractivity (Wildman–Crippen MR) is 83.8 cm³/mol. The molecule has 0 saturated heterocycles. The molecule has 2 aromatic rings. The molecule has 2 rings (SSSR count). The number of nitrogens with zero attached hydrogens (tertiary/aromatic N) is 1. The third-order valence-corrected chi connectivity index (χ3v) is 4.11. The van der Waals surface area contributed by atoms with Crippen LogP contribution in [0.2, 0.25) is 0 Å². The lowest BCUT2D eigenvalue weighted by molar-refractivity contribution is 0.391. The van der Waals surface area contributed by atoms with Gasteiger partial charge in [0.1, 0.15) is 0 Å². The average Bonchev–Trinajstić information content (AvgIpc) is 2.81. The smallest absolute Gasteiger partial charge is 0.230 e. The van der Waals surface area contributed by atoms with Gasteiger partial charge in [0.15, 0.2) is 0 Å². The van der Waals surface area contributed by atoms with Crippen molar-refractivity contribution in [3.63, 3.8) is 0 Å². The number of hydrogen-bond acceptors (Lipinski definition) is 3. The highest BCUT2D eigenvalue weighted by Gasteiger charge is 2.28. The quantitative estimate of drug-likeness (QED) is 0.875. The molecule has 3 heteroatoms. The third-order valence-electron chi connectivity index (χ3n) is 4.11. The van der Waals surface area contributed by atoms with Crippen LogP contribution in [0.3, 0.4) is 0 Å². The lowest BCUT2D eigenvalue weighted by atomic mass is 9.82. The molecule has 1 aromatic heterocycles. The number of hydrogen-bond donors (Lipinski definition) is 1. The second-order valence-electron chi connectivity index (χ2n) is 6.28. The minimum atomic E-state index is -0.0484. The molecule has 0 aliphatic heterocycles. The molecule has 0 radical (unpaired) electrons. The maximum Gasteiger partial charge on any atom is 0.230 e. The van der Waals surface area contributed by atoms with Crippen LogP contribution in [0.1, 0.15) is 58.2 Å². The van der Waals surface area contributed by atoms with E-state index in [0.717, 1.165) is 23.2 Å². The van der Waals surface area contributed by atoms with E-state index in [1.807, 2.05) is 0 Å². The lowest BCUT2D eigenvalue weighted by Gasteiger charge is -2.21. The molecule has 0 aliphatic carbocycles. The maximum absolute atomic E-state index is 5.99. The first-order valence-corrected chi connectivity index (χ1v) is 7.22. The molecule has 0 atom stereocenters. The summed E-state index contributed by atoms with van der Waals surface area (Å²) in [5.41, 5.74) is 10.2. The summed E-state index contributed by atoms with van der Waals surface area (Å²) in [6.45, 7) is 10.9. The first-order valence-electron chi connectivity index (χ1n) is 7.22. The Hall–Kier alpha value is -1.77. The van der Waals surface area contributed by atoms with Crippen LogP contribution in [-0.2, 0) is 5.41 Å². The second kappa shape index (κ2) is 5.31. The summed E-state index contributed by atoms with van der Waals surface area (Å²) < 4.78 is 5.24. The summed E-state index contributed by atoms with van der Waals surface area (Å²) in [6, 6.07) is 8.51. The molecule has 0 amide bonds. The highest BCUT2D eigenvalue weighted by Crippen LogP contribution is 2.38. The molecular formula is C17H24N2O. The van der Waals surface area contributed by atoms with Gasteiger partial charge in [-0.15, -0.1) is 0 Å². The Balaban J connectivity index is 2.50. The van der Waals surface area contributed by atoms with Crippen LogP contribution in [0.5, 0.6) is 0 Å². The van der Waals surface area contributed by atoms with Crippen molar-refractivity contribution in [3.8, 4) is 11.1 Å². The average molecular weight is 272 g/mol. The standard InChI is InChI=1S/C17H24N2O/c1-6-17(4,5)15-14(16(18)20-19-15)13-9-7-12(8-10-13)11(2)3/h7-11H,6,18H2,1-5H3. The zero-order valence-corrected chi connectivity index (χ0v) is 13.0. The van der Waals surface area contributed by atoms with Gasteiger partial charge in [-0.3, -0.25) is 0 Å². The number of anilines is 1. The summed E-state index contributed by atoms with van der Waals surface area (Å²) in [6.07, 6.45) is 0.982. The third kappa shape index (κ3) is 2.58. The largest absolute Gasteiger partial charge is 0.367 e. The van der Waals surface area contributed by atoms with Crippen LogP contribution >= 0.6 is 0 Å². The molecule has 0 unspecified atom stereocenters. The van der Waals surface area contributed by atoms with Crippen LogP contribution < -0.4 is 5.73 Å². The van der Waals surface area contributed by atoms with Crippen molar-refractivity contribution in [2.45, 2.75) is 52.4 Å². The van der Waals surface area contributed by atoms with Gasteiger partial charge in [0, 0.05) is 5.41 Å². The molecule has 0 aliphatic rings. The van der Waals surface area contributed by atoms with Crippen molar-refractivity contribution < 1.29 is 4.52 Å². The SMILES string of the molecule is CCC(C)(C)c1noc(N)c1-c1ccc(C(C)C)cc1. The van der Waals surface area contributed by atoms with Crippen molar-refractivity contribution in [3.05, 3.63) is 35.5 Å². The summed E-state index contributed by atoms with van der Waals surface area (Å²) in [4.78, 5) is 0. The number of aromatic nitrogens is 1. The molecule has 0 saturated carbocycles. The normalized spacial score (nSPS) is 12.1. The molecule has 0 bridgehead atoms. The molecule has 0 spiro atoms. The fraction of sp³-hybridized carbons (Fsp3) is 0.471.